The number of amides is 1. The first-order valence-electron chi connectivity index (χ1n) is 13.4. The van der Waals surface area contributed by atoms with Gasteiger partial charge in [0.1, 0.15) is 11.6 Å². The lowest BCUT2D eigenvalue weighted by molar-refractivity contribution is 0.00755. The molecule has 4 aromatic rings. The minimum Gasteiger partial charge on any atom is -0.381 e. The van der Waals surface area contributed by atoms with Crippen molar-refractivity contribution >= 4 is 17.4 Å². The molecule has 4 fully saturated rings. The fourth-order valence-corrected chi connectivity index (χ4v) is 7.19. The number of pyridine rings is 1. The third-order valence-electron chi connectivity index (χ3n) is 8.67. The predicted octanol–water partition coefficient (Wildman–Crippen LogP) is 6.63. The number of carbonyl (C=O) groups excluding carboxylic acids is 1. The van der Waals surface area contributed by atoms with E-state index in [2.05, 4.69) is 44.9 Å². The molecule has 3 N–H and O–H groups in total. The molecular formula is C31H31N5O. The van der Waals surface area contributed by atoms with Crippen molar-refractivity contribution in [2.24, 2.45) is 23.7 Å². The van der Waals surface area contributed by atoms with Crippen molar-refractivity contribution in [3.63, 3.8) is 0 Å². The van der Waals surface area contributed by atoms with E-state index in [-0.39, 0.29) is 5.91 Å². The Morgan fingerprint density at radius 2 is 1.54 bits per heavy atom. The molecule has 6 heteroatoms. The second-order valence-electron chi connectivity index (χ2n) is 11.0. The molecule has 2 heterocycles. The molecule has 4 saturated carbocycles. The fraction of sp³-hybridized carbons (Fsp3) is 0.323. The highest BCUT2D eigenvalue weighted by Crippen LogP contribution is 2.54. The van der Waals surface area contributed by atoms with Crippen molar-refractivity contribution in [1.82, 2.24) is 15.0 Å². The number of rotatable bonds is 6. The van der Waals surface area contributed by atoms with Gasteiger partial charge in [0.2, 0.25) is 0 Å². The lowest BCUT2D eigenvalue weighted by atomic mass is 9.54. The number of aromatic amines is 1. The highest BCUT2D eigenvalue weighted by atomic mass is 16.1. The summed E-state index contributed by atoms with van der Waals surface area (Å²) in [6, 6.07) is 22.1. The number of carbonyl (C=O) groups is 1. The van der Waals surface area contributed by atoms with E-state index in [4.69, 9.17) is 4.98 Å². The molecule has 2 aromatic carbocycles. The van der Waals surface area contributed by atoms with Gasteiger partial charge in [-0.25, -0.2) is 9.97 Å². The number of nitrogens with zero attached hydrogens (tertiary/aromatic N) is 2. The summed E-state index contributed by atoms with van der Waals surface area (Å²) < 4.78 is 0. The molecule has 4 bridgehead atoms. The van der Waals surface area contributed by atoms with Gasteiger partial charge in [-0.1, -0.05) is 30.3 Å². The minimum atomic E-state index is -0.180. The van der Waals surface area contributed by atoms with Crippen LogP contribution in [0.15, 0.2) is 79.1 Å². The number of hydrogen-bond acceptors (Lipinski definition) is 4. The Labute approximate surface area is 217 Å². The first-order chi connectivity index (χ1) is 18.2. The largest absolute Gasteiger partial charge is 0.381 e. The summed E-state index contributed by atoms with van der Waals surface area (Å²) >= 11 is 0. The molecule has 2 aromatic heterocycles. The van der Waals surface area contributed by atoms with Crippen LogP contribution in [0.4, 0.5) is 11.5 Å². The summed E-state index contributed by atoms with van der Waals surface area (Å²) in [5, 5.41) is 6.80. The van der Waals surface area contributed by atoms with Gasteiger partial charge < -0.3 is 15.6 Å². The lowest BCUT2D eigenvalue weighted by Crippen LogP contribution is -2.51. The maximum Gasteiger partial charge on any atom is 0.256 e. The predicted molar refractivity (Wildman–Crippen MR) is 146 cm³/mol. The van der Waals surface area contributed by atoms with Crippen molar-refractivity contribution in [3.8, 4) is 22.6 Å². The summed E-state index contributed by atoms with van der Waals surface area (Å²) in [6.07, 6.45) is 10.6. The van der Waals surface area contributed by atoms with Crippen LogP contribution in [0.3, 0.4) is 0 Å². The molecule has 186 valence electrons. The Balaban J connectivity index is 1.09. The smallest absolute Gasteiger partial charge is 0.256 e. The molecule has 0 saturated heterocycles. The monoisotopic (exact) mass is 489 g/mol. The third kappa shape index (κ3) is 4.31. The van der Waals surface area contributed by atoms with Gasteiger partial charge in [0.15, 0.2) is 0 Å². The zero-order valence-electron chi connectivity index (χ0n) is 20.7. The first kappa shape index (κ1) is 22.3. The maximum absolute atomic E-state index is 12.6. The number of aromatic nitrogens is 3. The average Bonchev–Trinajstić information content (AvgIpc) is 3.41. The van der Waals surface area contributed by atoms with Gasteiger partial charge in [-0.2, -0.15) is 0 Å². The van der Waals surface area contributed by atoms with E-state index >= 15 is 0 Å². The molecule has 0 spiro atoms. The first-order valence-corrected chi connectivity index (χ1v) is 13.4. The van der Waals surface area contributed by atoms with Crippen LogP contribution in [0, 0.1) is 23.7 Å². The lowest BCUT2D eigenvalue weighted by Gasteiger charge is -2.54. The van der Waals surface area contributed by atoms with Crippen LogP contribution < -0.4 is 10.6 Å². The van der Waals surface area contributed by atoms with Gasteiger partial charge in [0.05, 0.1) is 11.9 Å². The van der Waals surface area contributed by atoms with Crippen LogP contribution in [0.2, 0.25) is 0 Å². The van der Waals surface area contributed by atoms with E-state index in [1.165, 1.54) is 37.8 Å². The number of imidazole rings is 1. The molecule has 0 atom stereocenters. The highest BCUT2D eigenvalue weighted by molar-refractivity contribution is 6.04. The maximum atomic E-state index is 12.6. The van der Waals surface area contributed by atoms with Crippen LogP contribution in [0.1, 0.15) is 42.5 Å². The zero-order valence-corrected chi connectivity index (χ0v) is 20.7. The molecule has 0 aliphatic heterocycles. The van der Waals surface area contributed by atoms with E-state index in [9.17, 15) is 4.79 Å². The fourth-order valence-electron chi connectivity index (χ4n) is 7.19. The molecule has 8 rings (SSSR count). The van der Waals surface area contributed by atoms with Gasteiger partial charge in [-0.3, -0.25) is 4.79 Å². The van der Waals surface area contributed by atoms with E-state index < -0.39 is 0 Å². The summed E-state index contributed by atoms with van der Waals surface area (Å²) in [7, 11) is 0. The van der Waals surface area contributed by atoms with Gasteiger partial charge in [0, 0.05) is 29.1 Å². The Bertz CT molecular complexity index is 1380. The Kier molecular flexibility index (Phi) is 5.53. The normalized spacial score (nSPS) is 25.7. The molecular weight excluding hydrogens is 458 g/mol. The molecule has 4 aliphatic carbocycles. The standard InChI is InChI=1S/C31H31N5O/c37-31(36-28-7-3-4-12-32-28)22-10-8-21(9-11-22)27-18-33-30(35-27)25-5-1-2-6-26(25)34-29-23-14-19-13-20(16-23)17-24(29)15-19/h1-12,18-20,23-24,29,34H,13-17H2,(H,33,35)(H,32,36,37). The third-order valence-corrected chi connectivity index (χ3v) is 8.67. The number of H-pyrrole nitrogens is 1. The minimum absolute atomic E-state index is 0.180. The van der Waals surface area contributed by atoms with E-state index in [0.29, 0.717) is 17.4 Å². The number of hydrogen-bond donors (Lipinski definition) is 3. The van der Waals surface area contributed by atoms with Crippen LogP contribution in [-0.2, 0) is 0 Å². The van der Waals surface area contributed by atoms with Crippen molar-refractivity contribution in [1.29, 1.82) is 0 Å². The highest BCUT2D eigenvalue weighted by Gasteiger charge is 2.48. The Morgan fingerprint density at radius 1 is 0.811 bits per heavy atom. The summed E-state index contributed by atoms with van der Waals surface area (Å²) in [6.45, 7) is 0. The molecule has 1 amide bonds. The van der Waals surface area contributed by atoms with Crippen LogP contribution in [0.5, 0.6) is 0 Å². The topological polar surface area (TPSA) is 82.7 Å². The Morgan fingerprint density at radius 3 is 2.27 bits per heavy atom. The van der Waals surface area contributed by atoms with Crippen LogP contribution in [0.25, 0.3) is 22.6 Å². The second kappa shape index (κ2) is 9.18. The van der Waals surface area contributed by atoms with Gasteiger partial charge >= 0.3 is 0 Å². The summed E-state index contributed by atoms with van der Waals surface area (Å²) in [5.74, 6) is 4.77. The van der Waals surface area contributed by atoms with Crippen molar-refractivity contribution < 1.29 is 4.79 Å². The number of benzene rings is 2. The van der Waals surface area contributed by atoms with E-state index in [1.807, 2.05) is 42.6 Å². The molecule has 0 unspecified atom stereocenters. The number of nitrogens with one attached hydrogen (secondary N) is 3. The molecule has 6 nitrogen and oxygen atoms in total. The van der Waals surface area contributed by atoms with Crippen LogP contribution in [-0.4, -0.2) is 26.9 Å². The van der Waals surface area contributed by atoms with Crippen molar-refractivity contribution in [3.05, 3.63) is 84.7 Å². The quantitative estimate of drug-likeness (QED) is 0.284. The number of para-hydroxylation sites is 1. The molecule has 4 aliphatic rings. The van der Waals surface area contributed by atoms with Gasteiger partial charge in [0.25, 0.3) is 5.91 Å². The van der Waals surface area contributed by atoms with E-state index in [1.54, 1.807) is 12.3 Å². The van der Waals surface area contributed by atoms with Gasteiger partial charge in [-0.05, 0) is 97.7 Å². The van der Waals surface area contributed by atoms with Crippen molar-refractivity contribution in [2.75, 3.05) is 10.6 Å². The van der Waals surface area contributed by atoms with Crippen LogP contribution >= 0.6 is 0 Å². The van der Waals surface area contributed by atoms with Crippen molar-refractivity contribution in [2.45, 2.75) is 38.1 Å². The van der Waals surface area contributed by atoms with E-state index in [0.717, 1.165) is 46.3 Å². The second-order valence-corrected chi connectivity index (χ2v) is 11.0. The average molecular weight is 490 g/mol. The Hall–Kier alpha value is -3.93. The number of anilines is 2. The molecule has 37 heavy (non-hydrogen) atoms. The van der Waals surface area contributed by atoms with Gasteiger partial charge in [-0.15, -0.1) is 0 Å². The SMILES string of the molecule is O=C(Nc1ccccn1)c1ccc(-c2cnc(-c3ccccc3NC3C4CC5CC(C4)CC3C5)[nH]2)cc1. The summed E-state index contributed by atoms with van der Waals surface area (Å²) in [5.41, 5.74) is 4.77. The zero-order chi connectivity index (χ0) is 24.8. The molecule has 0 radical (unpaired) electrons. The summed E-state index contributed by atoms with van der Waals surface area (Å²) in [4.78, 5) is 25.0.